The highest BCUT2D eigenvalue weighted by Crippen LogP contribution is 2.12. The normalized spacial score (nSPS) is 13.1. The summed E-state index contributed by atoms with van der Waals surface area (Å²) in [6, 6.07) is 8.24. The molecule has 6 heteroatoms. The van der Waals surface area contributed by atoms with Crippen molar-refractivity contribution >= 4 is 15.8 Å². The third-order valence-electron chi connectivity index (χ3n) is 2.23. The minimum atomic E-state index is -3.54. The van der Waals surface area contributed by atoms with E-state index < -0.39 is 27.6 Å². The Hall–Kier alpha value is -1.40. The average Bonchev–Trinajstić information content (AvgIpc) is 2.28. The monoisotopic (exact) mass is 257 g/mol. The molecule has 1 atom stereocenters. The zero-order chi connectivity index (χ0) is 12.9. The minimum absolute atomic E-state index is 0.272. The van der Waals surface area contributed by atoms with Crippen molar-refractivity contribution in [3.63, 3.8) is 0 Å². The van der Waals surface area contributed by atoms with Gasteiger partial charge in [-0.15, -0.1) is 0 Å². The van der Waals surface area contributed by atoms with Gasteiger partial charge in [-0.25, -0.2) is 8.42 Å². The molecule has 0 spiro atoms. The molecule has 5 nitrogen and oxygen atoms in total. The first-order chi connectivity index (χ1) is 7.94. The maximum atomic E-state index is 11.6. The Morgan fingerprint density at radius 3 is 2.47 bits per heavy atom. The van der Waals surface area contributed by atoms with Crippen LogP contribution in [0.1, 0.15) is 11.6 Å². The van der Waals surface area contributed by atoms with E-state index in [0.717, 1.165) is 12.7 Å². The summed E-state index contributed by atoms with van der Waals surface area (Å²) in [4.78, 5) is 10.9. The van der Waals surface area contributed by atoms with Crippen LogP contribution >= 0.6 is 0 Å². The van der Waals surface area contributed by atoms with Crippen molar-refractivity contribution in [2.24, 2.45) is 5.73 Å². The van der Waals surface area contributed by atoms with Gasteiger partial charge in [-0.1, -0.05) is 30.3 Å². The predicted molar refractivity (Wildman–Crippen MR) is 64.0 cm³/mol. The molecule has 2 N–H and O–H groups in total. The van der Waals surface area contributed by atoms with Crippen LogP contribution in [0.5, 0.6) is 0 Å². The fourth-order valence-electron chi connectivity index (χ4n) is 1.37. The number of nitrogens with two attached hydrogens (primary N) is 1. The Morgan fingerprint density at radius 1 is 1.35 bits per heavy atom. The lowest BCUT2D eigenvalue weighted by Crippen LogP contribution is -2.27. The molecule has 0 aliphatic heterocycles. The predicted octanol–water partition coefficient (Wildman–Crippen LogP) is 0.274. The number of hydrogen-bond acceptors (Lipinski definition) is 5. The van der Waals surface area contributed by atoms with Gasteiger partial charge in [0.25, 0.3) is 0 Å². The molecule has 0 radical (unpaired) electrons. The molecule has 17 heavy (non-hydrogen) atoms. The summed E-state index contributed by atoms with van der Waals surface area (Å²) in [6.07, 6.45) is 0. The lowest BCUT2D eigenvalue weighted by molar-refractivity contribution is -0.137. The molecule has 0 saturated heterocycles. The summed E-state index contributed by atoms with van der Waals surface area (Å²) in [7, 11) is -2.39. The zero-order valence-corrected chi connectivity index (χ0v) is 10.3. The van der Waals surface area contributed by atoms with E-state index in [-0.39, 0.29) is 5.75 Å². The van der Waals surface area contributed by atoms with Crippen LogP contribution < -0.4 is 5.73 Å². The first kappa shape index (κ1) is 13.7. The molecule has 1 aromatic rings. The summed E-state index contributed by atoms with van der Waals surface area (Å²) in [5.74, 6) is -1.68. The smallest absolute Gasteiger partial charge is 0.320 e. The second kappa shape index (κ2) is 5.79. The molecule has 0 heterocycles. The fourth-order valence-corrected chi connectivity index (χ4v) is 2.70. The van der Waals surface area contributed by atoms with Gasteiger partial charge < -0.3 is 10.5 Å². The van der Waals surface area contributed by atoms with Gasteiger partial charge in [0.05, 0.1) is 12.9 Å². The highest BCUT2D eigenvalue weighted by molar-refractivity contribution is 7.92. The van der Waals surface area contributed by atoms with Crippen LogP contribution in [-0.2, 0) is 19.4 Å². The van der Waals surface area contributed by atoms with Crippen molar-refractivity contribution in [3.8, 4) is 0 Å². The van der Waals surface area contributed by atoms with Crippen LogP contribution in [0.15, 0.2) is 30.3 Å². The van der Waals surface area contributed by atoms with Crippen molar-refractivity contribution in [2.75, 3.05) is 18.6 Å². The number of benzene rings is 1. The second-order valence-corrected chi connectivity index (χ2v) is 5.76. The van der Waals surface area contributed by atoms with Gasteiger partial charge in [-0.2, -0.15) is 0 Å². The summed E-state index contributed by atoms with van der Waals surface area (Å²) >= 11 is 0. The van der Waals surface area contributed by atoms with Crippen LogP contribution in [0.2, 0.25) is 0 Å². The Balaban J connectivity index is 2.68. The number of ether oxygens (including phenoxy) is 1. The number of hydrogen-bond donors (Lipinski definition) is 1. The van der Waals surface area contributed by atoms with Crippen molar-refractivity contribution in [1.29, 1.82) is 0 Å². The molecular weight excluding hydrogens is 242 g/mol. The zero-order valence-electron chi connectivity index (χ0n) is 9.50. The Morgan fingerprint density at radius 2 is 1.94 bits per heavy atom. The van der Waals surface area contributed by atoms with Crippen LogP contribution in [0.3, 0.4) is 0 Å². The number of methoxy groups -OCH3 is 1. The van der Waals surface area contributed by atoms with Gasteiger partial charge in [-0.3, -0.25) is 4.79 Å². The second-order valence-electron chi connectivity index (χ2n) is 3.65. The van der Waals surface area contributed by atoms with Crippen LogP contribution in [0, 0.1) is 0 Å². The van der Waals surface area contributed by atoms with Gasteiger partial charge in [0.15, 0.2) is 9.84 Å². The highest BCUT2D eigenvalue weighted by Gasteiger charge is 2.21. The summed E-state index contributed by atoms with van der Waals surface area (Å²) in [6.45, 7) is 0. The molecule has 0 saturated carbocycles. The number of esters is 1. The van der Waals surface area contributed by atoms with Crippen molar-refractivity contribution in [3.05, 3.63) is 35.9 Å². The summed E-state index contributed by atoms with van der Waals surface area (Å²) in [5, 5.41) is 0. The van der Waals surface area contributed by atoms with E-state index in [4.69, 9.17) is 5.73 Å². The summed E-state index contributed by atoms with van der Waals surface area (Å²) in [5.41, 5.74) is 6.49. The fraction of sp³-hybridized carbons (Fsp3) is 0.364. The molecule has 0 aliphatic rings. The van der Waals surface area contributed by atoms with E-state index in [2.05, 4.69) is 4.74 Å². The van der Waals surface area contributed by atoms with Gasteiger partial charge >= 0.3 is 5.97 Å². The van der Waals surface area contributed by atoms with E-state index in [1.165, 1.54) is 0 Å². The van der Waals surface area contributed by atoms with E-state index in [9.17, 15) is 13.2 Å². The molecular formula is C11H15NO4S. The minimum Gasteiger partial charge on any atom is -0.468 e. The van der Waals surface area contributed by atoms with Crippen LogP contribution in [0.25, 0.3) is 0 Å². The SMILES string of the molecule is COC(=O)CS(=O)(=O)CC(N)c1ccccc1. The molecule has 1 aromatic carbocycles. The molecule has 0 amide bonds. The average molecular weight is 257 g/mol. The van der Waals surface area contributed by atoms with E-state index in [1.807, 2.05) is 6.07 Å². The summed E-state index contributed by atoms with van der Waals surface area (Å²) < 4.78 is 27.5. The van der Waals surface area contributed by atoms with Gasteiger partial charge in [0.2, 0.25) is 0 Å². The third-order valence-corrected chi connectivity index (χ3v) is 3.77. The lowest BCUT2D eigenvalue weighted by atomic mass is 10.1. The van der Waals surface area contributed by atoms with Gasteiger partial charge in [-0.05, 0) is 5.56 Å². The molecule has 0 aromatic heterocycles. The topological polar surface area (TPSA) is 86.5 Å². The van der Waals surface area contributed by atoms with E-state index in [0.29, 0.717) is 0 Å². The molecule has 94 valence electrons. The van der Waals surface area contributed by atoms with E-state index in [1.54, 1.807) is 24.3 Å². The number of carbonyl (C=O) groups is 1. The maximum absolute atomic E-state index is 11.6. The molecule has 0 aliphatic carbocycles. The maximum Gasteiger partial charge on any atom is 0.320 e. The first-order valence-corrected chi connectivity index (χ1v) is 6.84. The number of carbonyl (C=O) groups excluding carboxylic acids is 1. The lowest BCUT2D eigenvalue weighted by Gasteiger charge is -2.11. The molecule has 1 unspecified atom stereocenters. The third kappa shape index (κ3) is 4.54. The largest absolute Gasteiger partial charge is 0.468 e. The van der Waals surface area contributed by atoms with Crippen LogP contribution in [-0.4, -0.2) is 33.0 Å². The van der Waals surface area contributed by atoms with Crippen LogP contribution in [0.4, 0.5) is 0 Å². The molecule has 0 bridgehead atoms. The highest BCUT2D eigenvalue weighted by atomic mass is 32.2. The Labute approximate surface area is 100 Å². The molecule has 1 rings (SSSR count). The van der Waals surface area contributed by atoms with Crippen molar-refractivity contribution in [2.45, 2.75) is 6.04 Å². The standard InChI is InChI=1S/C11H15NO4S/c1-16-11(13)8-17(14,15)7-10(12)9-5-3-2-4-6-9/h2-6,10H,7-8,12H2,1H3. The van der Waals surface area contributed by atoms with Gasteiger partial charge in [0, 0.05) is 6.04 Å². The quantitative estimate of drug-likeness (QED) is 0.765. The van der Waals surface area contributed by atoms with Gasteiger partial charge in [0.1, 0.15) is 5.75 Å². The van der Waals surface area contributed by atoms with Crippen molar-refractivity contribution in [1.82, 2.24) is 0 Å². The van der Waals surface area contributed by atoms with E-state index >= 15 is 0 Å². The molecule has 0 fully saturated rings. The first-order valence-electron chi connectivity index (χ1n) is 5.02. The van der Waals surface area contributed by atoms with Crippen molar-refractivity contribution < 1.29 is 17.9 Å². The Kier molecular flexibility index (Phi) is 4.65. The number of rotatable bonds is 5. The Bertz CT molecular complexity index is 470. The number of sulfone groups is 1.